The van der Waals surface area contributed by atoms with E-state index < -0.39 is 5.60 Å². The Morgan fingerprint density at radius 3 is 2.58 bits per heavy atom. The average molecular weight is 357 g/mol. The maximum Gasteiger partial charge on any atom is 0.410 e. The largest absolute Gasteiger partial charge is 0.444 e. The van der Waals surface area contributed by atoms with Gasteiger partial charge in [0.05, 0.1) is 11.3 Å². The van der Waals surface area contributed by atoms with E-state index in [1.165, 1.54) is 6.20 Å². The molecule has 1 amide bonds. The first kappa shape index (κ1) is 18.3. The van der Waals surface area contributed by atoms with Gasteiger partial charge in [0.15, 0.2) is 0 Å². The summed E-state index contributed by atoms with van der Waals surface area (Å²) in [5.41, 5.74) is 6.90. The van der Waals surface area contributed by atoms with E-state index in [1.807, 2.05) is 25.7 Å². The Hall–Kier alpha value is -2.49. The molecule has 0 aliphatic carbocycles. The zero-order chi connectivity index (χ0) is 18.9. The summed E-state index contributed by atoms with van der Waals surface area (Å²) in [7, 11) is 0. The summed E-state index contributed by atoms with van der Waals surface area (Å²) in [6, 6.07) is 3.97. The molecule has 1 spiro atoms. The molecule has 1 aromatic heterocycles. The number of ether oxygens (including phenoxy) is 1. The number of nitriles is 1. The molecule has 2 saturated heterocycles. The molecular weight excluding hydrogens is 330 g/mol. The van der Waals surface area contributed by atoms with E-state index in [-0.39, 0.29) is 11.5 Å². The Bertz CT molecular complexity index is 726. The Balaban J connectivity index is 1.63. The van der Waals surface area contributed by atoms with Gasteiger partial charge in [0.25, 0.3) is 0 Å². The van der Waals surface area contributed by atoms with Gasteiger partial charge in [0.1, 0.15) is 17.5 Å². The molecule has 2 N–H and O–H groups in total. The van der Waals surface area contributed by atoms with E-state index in [4.69, 9.17) is 10.5 Å². The van der Waals surface area contributed by atoms with Gasteiger partial charge in [-0.1, -0.05) is 0 Å². The lowest BCUT2D eigenvalue weighted by Crippen LogP contribution is -2.43. The number of rotatable bonds is 1. The topological polar surface area (TPSA) is 95.5 Å². The van der Waals surface area contributed by atoms with Crippen molar-refractivity contribution in [2.75, 3.05) is 36.8 Å². The van der Waals surface area contributed by atoms with Crippen LogP contribution in [0.15, 0.2) is 12.3 Å². The van der Waals surface area contributed by atoms with Crippen molar-refractivity contribution in [1.82, 2.24) is 9.88 Å². The third kappa shape index (κ3) is 3.85. The smallest absolute Gasteiger partial charge is 0.410 e. The molecule has 0 unspecified atom stereocenters. The van der Waals surface area contributed by atoms with Gasteiger partial charge in [0.2, 0.25) is 0 Å². The first-order chi connectivity index (χ1) is 12.2. The summed E-state index contributed by atoms with van der Waals surface area (Å²) in [4.78, 5) is 20.4. The summed E-state index contributed by atoms with van der Waals surface area (Å²) in [5, 5.41) is 9.32. The first-order valence-electron chi connectivity index (χ1n) is 9.10. The number of carbonyl (C=O) groups excluding carboxylic acids is 1. The second kappa shape index (κ2) is 6.67. The zero-order valence-corrected chi connectivity index (χ0v) is 15.8. The molecule has 0 aromatic carbocycles. The van der Waals surface area contributed by atoms with Crippen molar-refractivity contribution < 1.29 is 9.53 Å². The molecule has 3 heterocycles. The van der Waals surface area contributed by atoms with Crippen LogP contribution in [-0.4, -0.2) is 47.8 Å². The lowest BCUT2D eigenvalue weighted by atomic mass is 9.77. The molecule has 7 nitrogen and oxygen atoms in total. The highest BCUT2D eigenvalue weighted by Crippen LogP contribution is 2.42. The van der Waals surface area contributed by atoms with E-state index in [0.29, 0.717) is 11.4 Å². The molecule has 0 atom stereocenters. The Labute approximate surface area is 154 Å². The summed E-state index contributed by atoms with van der Waals surface area (Å²) in [6.45, 7) is 8.87. The van der Waals surface area contributed by atoms with Gasteiger partial charge in [-0.3, -0.25) is 0 Å². The van der Waals surface area contributed by atoms with Crippen LogP contribution in [0.4, 0.5) is 16.3 Å². The minimum Gasteiger partial charge on any atom is -0.444 e. The van der Waals surface area contributed by atoms with Crippen molar-refractivity contribution in [3.63, 3.8) is 0 Å². The third-order valence-corrected chi connectivity index (χ3v) is 5.28. The molecule has 7 heteroatoms. The van der Waals surface area contributed by atoms with Gasteiger partial charge in [-0.2, -0.15) is 5.26 Å². The number of aromatic nitrogens is 1. The number of hydrogen-bond acceptors (Lipinski definition) is 6. The van der Waals surface area contributed by atoms with Crippen LogP contribution in [0, 0.1) is 16.7 Å². The van der Waals surface area contributed by atoms with Crippen molar-refractivity contribution in [1.29, 1.82) is 5.26 Å². The predicted molar refractivity (Wildman–Crippen MR) is 99.7 cm³/mol. The molecule has 0 bridgehead atoms. The van der Waals surface area contributed by atoms with Crippen molar-refractivity contribution >= 4 is 17.6 Å². The van der Waals surface area contributed by atoms with Gasteiger partial charge in [0, 0.05) is 38.4 Å². The average Bonchev–Trinajstić information content (AvgIpc) is 2.98. The van der Waals surface area contributed by atoms with Crippen LogP contribution in [0.1, 0.15) is 45.6 Å². The molecule has 2 aliphatic rings. The van der Waals surface area contributed by atoms with Gasteiger partial charge in [-0.15, -0.1) is 0 Å². The van der Waals surface area contributed by atoms with Crippen molar-refractivity contribution in [2.45, 2.75) is 45.6 Å². The number of carbonyl (C=O) groups is 1. The van der Waals surface area contributed by atoms with E-state index >= 15 is 0 Å². The van der Waals surface area contributed by atoms with Crippen LogP contribution in [0.2, 0.25) is 0 Å². The standard InChI is InChI=1S/C19H27N5O2/c1-18(2,3)26-17(25)24-9-6-19(13-24)4-7-23(8-5-19)15-10-16(21)22-12-14(15)11-20/h10,12H,4-9,13H2,1-3H3,(H2,21,22). The summed E-state index contributed by atoms with van der Waals surface area (Å²) >= 11 is 0. The number of likely N-dealkylation sites (tertiary alicyclic amines) is 1. The zero-order valence-electron chi connectivity index (χ0n) is 15.8. The van der Waals surface area contributed by atoms with Crippen molar-refractivity contribution in [3.05, 3.63) is 17.8 Å². The number of hydrogen-bond donors (Lipinski definition) is 1. The van der Waals surface area contributed by atoms with Crippen LogP contribution in [-0.2, 0) is 4.74 Å². The van der Waals surface area contributed by atoms with Crippen molar-refractivity contribution in [2.24, 2.45) is 5.41 Å². The molecule has 3 rings (SSSR count). The Morgan fingerprint density at radius 2 is 1.96 bits per heavy atom. The Kier molecular flexibility index (Phi) is 4.70. The lowest BCUT2D eigenvalue weighted by molar-refractivity contribution is 0.0266. The number of nitrogens with two attached hydrogens (primary N) is 1. The minimum atomic E-state index is -0.467. The number of anilines is 2. The molecular formula is C19H27N5O2. The molecule has 2 aliphatic heterocycles. The van der Waals surface area contributed by atoms with Gasteiger partial charge in [-0.25, -0.2) is 9.78 Å². The second-order valence-electron chi connectivity index (χ2n) is 8.38. The quantitative estimate of drug-likeness (QED) is 0.830. The molecule has 140 valence electrons. The molecule has 2 fully saturated rings. The molecule has 0 saturated carbocycles. The van der Waals surface area contributed by atoms with E-state index in [1.54, 1.807) is 6.07 Å². The Morgan fingerprint density at radius 1 is 1.31 bits per heavy atom. The summed E-state index contributed by atoms with van der Waals surface area (Å²) in [6.07, 6.45) is 4.29. The highest BCUT2D eigenvalue weighted by molar-refractivity contribution is 5.68. The fourth-order valence-electron chi connectivity index (χ4n) is 3.86. The van der Waals surface area contributed by atoms with Crippen LogP contribution in [0.3, 0.4) is 0 Å². The second-order valence-corrected chi connectivity index (χ2v) is 8.38. The number of nitrogen functional groups attached to an aromatic ring is 1. The SMILES string of the molecule is CC(C)(C)OC(=O)N1CCC2(CCN(c3cc(N)ncc3C#N)CC2)C1. The maximum atomic E-state index is 12.3. The van der Waals surface area contributed by atoms with Crippen LogP contribution in [0.25, 0.3) is 0 Å². The normalized spacial score (nSPS) is 19.5. The van der Waals surface area contributed by atoms with Gasteiger partial charge >= 0.3 is 6.09 Å². The van der Waals surface area contributed by atoms with Crippen molar-refractivity contribution in [3.8, 4) is 6.07 Å². The summed E-state index contributed by atoms with van der Waals surface area (Å²) in [5.74, 6) is 0.427. The highest BCUT2D eigenvalue weighted by atomic mass is 16.6. The number of nitrogens with zero attached hydrogens (tertiary/aromatic N) is 4. The van der Waals surface area contributed by atoms with E-state index in [0.717, 1.165) is 51.1 Å². The number of pyridine rings is 1. The van der Waals surface area contributed by atoms with E-state index in [9.17, 15) is 10.1 Å². The monoisotopic (exact) mass is 357 g/mol. The number of piperidine rings is 1. The molecule has 1 aromatic rings. The fourth-order valence-corrected chi connectivity index (χ4v) is 3.86. The molecule has 0 radical (unpaired) electrons. The van der Waals surface area contributed by atoms with Gasteiger partial charge < -0.3 is 20.3 Å². The fraction of sp³-hybridized carbons (Fsp3) is 0.632. The summed E-state index contributed by atoms with van der Waals surface area (Å²) < 4.78 is 5.51. The predicted octanol–water partition coefficient (Wildman–Crippen LogP) is 2.76. The maximum absolute atomic E-state index is 12.3. The van der Waals surface area contributed by atoms with Gasteiger partial charge in [-0.05, 0) is 45.4 Å². The molecule has 26 heavy (non-hydrogen) atoms. The van der Waals surface area contributed by atoms with Crippen LogP contribution >= 0.6 is 0 Å². The third-order valence-electron chi connectivity index (χ3n) is 5.28. The van der Waals surface area contributed by atoms with Crippen LogP contribution in [0.5, 0.6) is 0 Å². The number of amides is 1. The highest BCUT2D eigenvalue weighted by Gasteiger charge is 2.43. The minimum absolute atomic E-state index is 0.152. The first-order valence-corrected chi connectivity index (χ1v) is 9.10. The van der Waals surface area contributed by atoms with E-state index in [2.05, 4.69) is 16.0 Å². The lowest BCUT2D eigenvalue weighted by Gasteiger charge is -2.40. The van der Waals surface area contributed by atoms with Crippen LogP contribution < -0.4 is 10.6 Å².